The van der Waals surface area contributed by atoms with Crippen molar-refractivity contribution >= 4 is 28.8 Å². The van der Waals surface area contributed by atoms with Crippen molar-refractivity contribution in [3.63, 3.8) is 0 Å². The van der Waals surface area contributed by atoms with Crippen LogP contribution in [0, 0.1) is 6.92 Å². The number of anilines is 1. The molecular formula is C21H21N3O2S. The fourth-order valence-corrected chi connectivity index (χ4v) is 4.54. The normalized spacial score (nSPS) is 19.6. The lowest BCUT2D eigenvalue weighted by Crippen LogP contribution is -2.35. The topological polar surface area (TPSA) is 71.1 Å². The second-order valence-electron chi connectivity index (χ2n) is 6.94. The maximum absolute atomic E-state index is 13.2. The molecule has 6 heteroatoms. The highest BCUT2D eigenvalue weighted by atomic mass is 32.1. The van der Waals surface area contributed by atoms with Gasteiger partial charge in [0.1, 0.15) is 5.82 Å². The summed E-state index contributed by atoms with van der Waals surface area (Å²) in [5, 5.41) is 10.2. The van der Waals surface area contributed by atoms with Gasteiger partial charge in [-0.2, -0.15) is 11.3 Å². The molecule has 1 amide bonds. The van der Waals surface area contributed by atoms with Crippen molar-refractivity contribution in [2.24, 2.45) is 0 Å². The minimum atomic E-state index is -0.329. The van der Waals surface area contributed by atoms with Gasteiger partial charge < -0.3 is 10.6 Å². The van der Waals surface area contributed by atoms with E-state index >= 15 is 0 Å². The number of pyridine rings is 1. The van der Waals surface area contributed by atoms with Crippen LogP contribution in [-0.2, 0) is 9.59 Å². The van der Waals surface area contributed by atoms with Crippen LogP contribution in [0.4, 0.5) is 5.82 Å². The number of amides is 1. The third kappa shape index (κ3) is 3.32. The molecule has 0 unspecified atom stereocenters. The predicted octanol–water partition coefficient (Wildman–Crippen LogP) is 4.06. The lowest BCUT2D eigenvalue weighted by molar-refractivity contribution is -0.116. The second kappa shape index (κ2) is 7.12. The number of aromatic nitrogens is 1. The molecule has 5 nitrogen and oxygen atoms in total. The average Bonchev–Trinajstić information content (AvgIpc) is 3.15. The molecule has 0 saturated heterocycles. The van der Waals surface area contributed by atoms with E-state index in [0.29, 0.717) is 17.8 Å². The molecular weight excluding hydrogens is 358 g/mol. The van der Waals surface area contributed by atoms with Gasteiger partial charge in [-0.3, -0.25) is 9.59 Å². The fourth-order valence-electron chi connectivity index (χ4n) is 3.85. The summed E-state index contributed by atoms with van der Waals surface area (Å²) in [6.45, 7) is 3.79. The van der Waals surface area contributed by atoms with Gasteiger partial charge in [0.25, 0.3) is 5.91 Å². The van der Waals surface area contributed by atoms with Gasteiger partial charge in [0.05, 0.1) is 0 Å². The smallest absolute Gasteiger partial charge is 0.255 e. The first-order chi connectivity index (χ1) is 13.0. The summed E-state index contributed by atoms with van der Waals surface area (Å²) in [5.74, 6) is 0.0925. The van der Waals surface area contributed by atoms with E-state index in [1.807, 2.05) is 42.8 Å². The molecule has 0 aromatic carbocycles. The molecule has 1 atom stereocenters. The molecule has 0 saturated carbocycles. The molecule has 27 heavy (non-hydrogen) atoms. The molecule has 4 rings (SSSR count). The SMILES string of the molecule is CC1=C(C(=O)Nc2cccc(C)n2)[C@@H](c2ccsc2)C2=C(CCCC2=O)N1. The summed E-state index contributed by atoms with van der Waals surface area (Å²) in [7, 11) is 0. The predicted molar refractivity (Wildman–Crippen MR) is 106 cm³/mol. The Morgan fingerprint density at radius 2 is 2.11 bits per heavy atom. The zero-order valence-corrected chi connectivity index (χ0v) is 16.2. The fraction of sp³-hybridized carbons (Fsp3) is 0.286. The number of dihydropyridines is 1. The van der Waals surface area contributed by atoms with Gasteiger partial charge in [0.15, 0.2) is 5.78 Å². The average molecular weight is 379 g/mol. The molecule has 1 aliphatic carbocycles. The van der Waals surface area contributed by atoms with Crippen molar-refractivity contribution in [3.8, 4) is 0 Å². The molecule has 1 aliphatic heterocycles. The first-order valence-electron chi connectivity index (χ1n) is 9.05. The Kier molecular flexibility index (Phi) is 4.66. The summed E-state index contributed by atoms with van der Waals surface area (Å²) in [4.78, 5) is 30.3. The number of rotatable bonds is 3. The van der Waals surface area contributed by atoms with Crippen LogP contribution in [0.1, 0.15) is 43.4 Å². The molecule has 0 bridgehead atoms. The van der Waals surface area contributed by atoms with Crippen molar-refractivity contribution < 1.29 is 9.59 Å². The number of ketones is 1. The van der Waals surface area contributed by atoms with Gasteiger partial charge in [0, 0.05) is 40.6 Å². The zero-order valence-electron chi connectivity index (χ0n) is 15.3. The highest BCUT2D eigenvalue weighted by molar-refractivity contribution is 7.08. The van der Waals surface area contributed by atoms with Crippen molar-refractivity contribution in [2.75, 3.05) is 5.32 Å². The van der Waals surface area contributed by atoms with E-state index in [1.165, 1.54) is 0 Å². The lowest BCUT2D eigenvalue weighted by Gasteiger charge is -2.34. The van der Waals surface area contributed by atoms with Gasteiger partial charge >= 0.3 is 0 Å². The van der Waals surface area contributed by atoms with Crippen LogP contribution in [-0.4, -0.2) is 16.7 Å². The van der Waals surface area contributed by atoms with Gasteiger partial charge in [-0.25, -0.2) is 4.98 Å². The number of aryl methyl sites for hydroxylation is 1. The third-order valence-corrected chi connectivity index (χ3v) is 5.73. The van der Waals surface area contributed by atoms with Crippen molar-refractivity contribution in [1.29, 1.82) is 0 Å². The maximum atomic E-state index is 13.2. The van der Waals surface area contributed by atoms with E-state index in [0.717, 1.165) is 41.1 Å². The van der Waals surface area contributed by atoms with E-state index < -0.39 is 0 Å². The van der Waals surface area contributed by atoms with Crippen LogP contribution in [0.15, 0.2) is 57.6 Å². The van der Waals surface area contributed by atoms with Crippen LogP contribution in [0.2, 0.25) is 0 Å². The van der Waals surface area contributed by atoms with E-state index in [9.17, 15) is 9.59 Å². The minimum absolute atomic E-state index is 0.131. The Morgan fingerprint density at radius 1 is 1.26 bits per heavy atom. The van der Waals surface area contributed by atoms with Gasteiger partial charge in [-0.05, 0) is 61.2 Å². The summed E-state index contributed by atoms with van der Waals surface area (Å²) in [6.07, 6.45) is 2.23. The quantitative estimate of drug-likeness (QED) is 0.844. The highest BCUT2D eigenvalue weighted by Crippen LogP contribution is 2.42. The summed E-state index contributed by atoms with van der Waals surface area (Å²) in [6, 6.07) is 7.51. The van der Waals surface area contributed by atoms with Gasteiger partial charge in [0.2, 0.25) is 0 Å². The number of carbonyl (C=O) groups excluding carboxylic acids is 2. The van der Waals surface area contributed by atoms with Crippen molar-refractivity contribution in [3.05, 3.63) is 68.8 Å². The maximum Gasteiger partial charge on any atom is 0.255 e. The molecule has 138 valence electrons. The Labute approximate surface area is 162 Å². The Bertz CT molecular complexity index is 973. The number of allylic oxidation sites excluding steroid dienone is 3. The number of thiophene rings is 1. The number of nitrogens with one attached hydrogen (secondary N) is 2. The van der Waals surface area contributed by atoms with E-state index in [4.69, 9.17) is 0 Å². The standard InChI is InChI=1S/C21H21N3O2S/c1-12-5-3-8-17(22-12)24-21(26)18-13(2)23-15-6-4-7-16(25)20(15)19(18)14-9-10-27-11-14/h3,5,8-11,19,23H,4,6-7H2,1-2H3,(H,22,24,26)/t19-/m1/s1. The summed E-state index contributed by atoms with van der Waals surface area (Å²) in [5.41, 5.74) is 4.92. The molecule has 0 fully saturated rings. The summed E-state index contributed by atoms with van der Waals surface area (Å²) < 4.78 is 0. The zero-order chi connectivity index (χ0) is 19.0. The van der Waals surface area contributed by atoms with Crippen LogP contribution in [0.3, 0.4) is 0 Å². The molecule has 2 aliphatic rings. The Morgan fingerprint density at radius 3 is 2.85 bits per heavy atom. The first kappa shape index (κ1) is 17.7. The number of carbonyl (C=O) groups is 2. The monoisotopic (exact) mass is 379 g/mol. The molecule has 0 spiro atoms. The molecule has 2 aromatic heterocycles. The largest absolute Gasteiger partial charge is 0.362 e. The third-order valence-electron chi connectivity index (χ3n) is 5.03. The van der Waals surface area contributed by atoms with Crippen molar-refractivity contribution in [1.82, 2.24) is 10.3 Å². The molecule has 2 N–H and O–H groups in total. The number of nitrogens with zero attached hydrogens (tertiary/aromatic N) is 1. The molecule has 2 aromatic rings. The van der Waals surface area contributed by atoms with Gasteiger partial charge in [-0.1, -0.05) is 6.07 Å². The summed E-state index contributed by atoms with van der Waals surface area (Å²) >= 11 is 1.57. The Balaban J connectivity index is 1.75. The molecule has 3 heterocycles. The highest BCUT2D eigenvalue weighted by Gasteiger charge is 2.38. The number of hydrogen-bond acceptors (Lipinski definition) is 5. The van der Waals surface area contributed by atoms with Gasteiger partial charge in [-0.15, -0.1) is 0 Å². The van der Waals surface area contributed by atoms with E-state index in [-0.39, 0.29) is 17.6 Å². The van der Waals surface area contributed by atoms with Crippen LogP contribution in [0.25, 0.3) is 0 Å². The van der Waals surface area contributed by atoms with E-state index in [1.54, 1.807) is 17.4 Å². The second-order valence-corrected chi connectivity index (χ2v) is 7.72. The van der Waals surface area contributed by atoms with Crippen LogP contribution < -0.4 is 10.6 Å². The van der Waals surface area contributed by atoms with Crippen molar-refractivity contribution in [2.45, 2.75) is 39.0 Å². The minimum Gasteiger partial charge on any atom is -0.362 e. The first-order valence-corrected chi connectivity index (χ1v) is 10.00. The lowest BCUT2D eigenvalue weighted by atomic mass is 9.75. The van der Waals surface area contributed by atoms with Crippen LogP contribution in [0.5, 0.6) is 0 Å². The number of Topliss-reactive ketones (excluding diaryl/α,β-unsaturated/α-hetero) is 1. The van der Waals surface area contributed by atoms with E-state index in [2.05, 4.69) is 15.6 Å². The number of hydrogen-bond donors (Lipinski definition) is 2. The Hall–Kier alpha value is -2.73. The molecule has 0 radical (unpaired) electrons. The van der Waals surface area contributed by atoms with Crippen LogP contribution >= 0.6 is 11.3 Å².